The zero-order chi connectivity index (χ0) is 42.2. The SMILES string of the molecule is Cc1cc(COc2c(C)cc(NC(=O)CC(=O)OC(=O)CC(=O)Nc3cc(Br)c(OCc4cc(C)cc(NS(C)(=O)=O)c4)c(Br)c3)cc2C)cc(NS(C)(=O)=O)c1. The molecule has 0 bridgehead atoms. The monoisotopic (exact) mass is 950 g/mol. The number of esters is 2. The Labute approximate surface area is 347 Å². The number of ether oxygens (including phenoxy) is 3. The first kappa shape index (κ1) is 44.7. The van der Waals surface area contributed by atoms with Gasteiger partial charge in [0.1, 0.15) is 37.6 Å². The van der Waals surface area contributed by atoms with E-state index in [9.17, 15) is 36.0 Å². The van der Waals surface area contributed by atoms with E-state index in [4.69, 9.17) is 14.2 Å². The van der Waals surface area contributed by atoms with Gasteiger partial charge in [-0.1, -0.05) is 12.1 Å². The molecule has 0 atom stereocenters. The molecule has 2 amide bonds. The van der Waals surface area contributed by atoms with E-state index in [1.807, 2.05) is 26.0 Å². The minimum Gasteiger partial charge on any atom is -0.488 e. The van der Waals surface area contributed by atoms with Crippen molar-refractivity contribution in [2.75, 3.05) is 32.6 Å². The number of carbonyl (C=O) groups is 4. The van der Waals surface area contributed by atoms with E-state index in [-0.39, 0.29) is 18.9 Å². The van der Waals surface area contributed by atoms with Crippen LogP contribution in [-0.4, -0.2) is 53.1 Å². The van der Waals surface area contributed by atoms with E-state index in [1.54, 1.807) is 50.2 Å². The van der Waals surface area contributed by atoms with E-state index in [1.165, 1.54) is 12.1 Å². The van der Waals surface area contributed by atoms with E-state index in [2.05, 4.69) is 51.9 Å². The second-order valence-corrected chi connectivity index (χ2v) is 18.5. The molecule has 4 rings (SSSR count). The topological polar surface area (TPSA) is 212 Å². The number of hydrogen-bond donors (Lipinski definition) is 4. The summed E-state index contributed by atoms with van der Waals surface area (Å²) >= 11 is 6.81. The minimum absolute atomic E-state index is 0.0916. The molecule has 4 aromatic rings. The van der Waals surface area contributed by atoms with Gasteiger partial charge < -0.3 is 24.8 Å². The van der Waals surface area contributed by atoms with Crippen LogP contribution in [0.5, 0.6) is 11.5 Å². The summed E-state index contributed by atoms with van der Waals surface area (Å²) in [5.41, 5.74) is 5.94. The van der Waals surface area contributed by atoms with Gasteiger partial charge in [-0.25, -0.2) is 16.8 Å². The second kappa shape index (κ2) is 19.0. The third-order valence-corrected chi connectivity index (χ3v) is 9.90. The Morgan fingerprint density at radius 1 is 0.544 bits per heavy atom. The van der Waals surface area contributed by atoms with Gasteiger partial charge in [0.05, 0.1) is 21.5 Å². The lowest BCUT2D eigenvalue weighted by molar-refractivity contribution is -0.160. The largest absolute Gasteiger partial charge is 0.488 e. The average molecular weight is 953 g/mol. The van der Waals surface area contributed by atoms with Gasteiger partial charge in [0, 0.05) is 22.7 Å². The standard InChI is InChI=1S/C38H40Br2N4O11S2/c1-21-7-25(13-29(9-21)43-56(5,49)50)19-53-37-23(3)11-27(12-24(37)4)41-33(45)17-35(47)55-36(48)18-34(46)42-28-15-31(39)38(32(40)16-28)54-20-26-8-22(2)10-30(14-26)44-57(6,51)52/h7-16,43-44H,17-20H2,1-6H3,(H,41,45)(H,42,46). The molecule has 0 fully saturated rings. The molecule has 4 aromatic carbocycles. The third-order valence-electron chi connectivity index (χ3n) is 7.51. The van der Waals surface area contributed by atoms with E-state index in [0.717, 1.165) is 29.2 Å². The number of hydrogen-bond acceptors (Lipinski definition) is 11. The fourth-order valence-corrected chi connectivity index (χ4v) is 8.15. The van der Waals surface area contributed by atoms with Crippen LogP contribution >= 0.6 is 31.9 Å². The number of benzene rings is 4. The summed E-state index contributed by atoms with van der Waals surface area (Å²) in [7, 11) is -6.92. The first-order chi connectivity index (χ1) is 26.5. The highest BCUT2D eigenvalue weighted by atomic mass is 79.9. The minimum atomic E-state index is -3.47. The molecule has 0 unspecified atom stereocenters. The summed E-state index contributed by atoms with van der Waals surface area (Å²) in [4.78, 5) is 49.9. The molecule has 0 saturated heterocycles. The van der Waals surface area contributed by atoms with E-state index in [0.29, 0.717) is 54.2 Å². The molecule has 57 heavy (non-hydrogen) atoms. The second-order valence-electron chi connectivity index (χ2n) is 13.2. The van der Waals surface area contributed by atoms with Crippen LogP contribution in [0.15, 0.2) is 69.6 Å². The first-order valence-electron chi connectivity index (χ1n) is 16.9. The van der Waals surface area contributed by atoms with Crippen molar-refractivity contribution < 1.29 is 50.2 Å². The highest BCUT2D eigenvalue weighted by Crippen LogP contribution is 2.37. The van der Waals surface area contributed by atoms with Crippen LogP contribution in [0.4, 0.5) is 22.7 Å². The van der Waals surface area contributed by atoms with Gasteiger partial charge >= 0.3 is 11.9 Å². The number of amides is 2. The lowest BCUT2D eigenvalue weighted by Gasteiger charge is -2.16. The molecule has 4 N–H and O–H groups in total. The predicted octanol–water partition coefficient (Wildman–Crippen LogP) is 6.77. The normalized spacial score (nSPS) is 11.3. The molecular formula is C38H40Br2N4O11S2. The smallest absolute Gasteiger partial charge is 0.322 e. The maximum atomic E-state index is 12.6. The Morgan fingerprint density at radius 2 is 0.930 bits per heavy atom. The molecule has 0 aliphatic carbocycles. The van der Waals surface area contributed by atoms with Crippen LogP contribution in [0.25, 0.3) is 0 Å². The maximum Gasteiger partial charge on any atom is 0.322 e. The summed E-state index contributed by atoms with van der Waals surface area (Å²) in [6.07, 6.45) is 0.527. The Kier molecular flexibility index (Phi) is 14.9. The summed E-state index contributed by atoms with van der Waals surface area (Å²) in [5, 5.41) is 5.13. The number of aryl methyl sites for hydroxylation is 4. The Morgan fingerprint density at radius 3 is 1.33 bits per heavy atom. The van der Waals surface area contributed by atoms with Gasteiger partial charge in [-0.2, -0.15) is 0 Å². The van der Waals surface area contributed by atoms with Gasteiger partial charge in [-0.3, -0.25) is 28.6 Å². The van der Waals surface area contributed by atoms with Crippen LogP contribution in [0.2, 0.25) is 0 Å². The van der Waals surface area contributed by atoms with Gasteiger partial charge in [0.15, 0.2) is 0 Å². The van der Waals surface area contributed by atoms with Crippen molar-refractivity contribution in [2.45, 2.75) is 53.8 Å². The lowest BCUT2D eigenvalue weighted by atomic mass is 10.1. The number of rotatable bonds is 16. The van der Waals surface area contributed by atoms with Crippen LogP contribution in [0.3, 0.4) is 0 Å². The van der Waals surface area contributed by atoms with E-state index >= 15 is 0 Å². The first-order valence-corrected chi connectivity index (χ1v) is 22.2. The number of halogens is 2. The quantitative estimate of drug-likeness (QED) is 0.0680. The van der Waals surface area contributed by atoms with Crippen molar-refractivity contribution in [3.63, 3.8) is 0 Å². The van der Waals surface area contributed by atoms with Gasteiger partial charge in [0.25, 0.3) is 0 Å². The average Bonchev–Trinajstić information content (AvgIpc) is 3.01. The summed E-state index contributed by atoms with van der Waals surface area (Å²) < 4.78 is 69.1. The van der Waals surface area contributed by atoms with E-state index < -0.39 is 56.6 Å². The molecule has 0 spiro atoms. The highest BCUT2D eigenvalue weighted by molar-refractivity contribution is 9.11. The molecule has 0 aliphatic heterocycles. The van der Waals surface area contributed by atoms with Crippen molar-refractivity contribution in [3.05, 3.63) is 103 Å². The van der Waals surface area contributed by atoms with Gasteiger partial charge in [-0.15, -0.1) is 0 Å². The summed E-state index contributed by atoms with van der Waals surface area (Å²) in [6.45, 7) is 7.44. The predicted molar refractivity (Wildman–Crippen MR) is 223 cm³/mol. The van der Waals surface area contributed by atoms with Crippen LogP contribution in [0, 0.1) is 27.7 Å². The molecular weight excluding hydrogens is 912 g/mol. The molecule has 19 heteroatoms. The number of carbonyl (C=O) groups excluding carboxylic acids is 4. The van der Waals surface area contributed by atoms with Gasteiger partial charge in [0.2, 0.25) is 31.9 Å². The lowest BCUT2D eigenvalue weighted by Crippen LogP contribution is -2.23. The summed E-state index contributed by atoms with van der Waals surface area (Å²) in [6, 6.07) is 16.8. The van der Waals surface area contributed by atoms with Crippen LogP contribution < -0.4 is 29.6 Å². The van der Waals surface area contributed by atoms with Crippen molar-refractivity contribution in [2.24, 2.45) is 0 Å². The van der Waals surface area contributed by atoms with Crippen molar-refractivity contribution in [3.8, 4) is 11.5 Å². The number of anilines is 4. The van der Waals surface area contributed by atoms with Crippen molar-refractivity contribution in [1.29, 1.82) is 0 Å². The zero-order valence-electron chi connectivity index (χ0n) is 31.7. The van der Waals surface area contributed by atoms with Gasteiger partial charge in [-0.05, 0) is 141 Å². The van der Waals surface area contributed by atoms with Crippen molar-refractivity contribution in [1.82, 2.24) is 0 Å². The Hall–Kier alpha value is -4.98. The maximum absolute atomic E-state index is 12.6. The molecule has 0 radical (unpaired) electrons. The number of sulfonamides is 2. The fraction of sp³-hybridized carbons (Fsp3) is 0.263. The molecule has 0 saturated carbocycles. The zero-order valence-corrected chi connectivity index (χ0v) is 36.5. The third kappa shape index (κ3) is 14.8. The number of nitrogens with one attached hydrogen (secondary N) is 4. The Bertz CT molecular complexity index is 2240. The molecule has 0 heterocycles. The fourth-order valence-electron chi connectivity index (χ4n) is 5.64. The molecule has 15 nitrogen and oxygen atoms in total. The molecule has 304 valence electrons. The highest BCUT2D eigenvalue weighted by Gasteiger charge is 2.20. The molecule has 0 aliphatic rings. The molecule has 0 aromatic heterocycles. The Balaban J connectivity index is 1.25. The summed E-state index contributed by atoms with van der Waals surface area (Å²) in [5.74, 6) is -2.89. The van der Waals surface area contributed by atoms with Crippen molar-refractivity contribution >= 4 is 98.4 Å². The van der Waals surface area contributed by atoms with Crippen LogP contribution in [-0.2, 0) is 57.2 Å². The van der Waals surface area contributed by atoms with Crippen LogP contribution in [0.1, 0.15) is 46.2 Å².